The molecule has 2 N–H and O–H groups in total. The summed E-state index contributed by atoms with van der Waals surface area (Å²) in [5, 5.41) is 6.78. The highest BCUT2D eigenvalue weighted by Crippen LogP contribution is 2.14. The van der Waals surface area contributed by atoms with Crippen molar-refractivity contribution in [1.29, 1.82) is 0 Å². The van der Waals surface area contributed by atoms with Crippen molar-refractivity contribution in [3.63, 3.8) is 0 Å². The molecule has 0 bridgehead atoms. The minimum atomic E-state index is 0.369. The lowest BCUT2D eigenvalue weighted by atomic mass is 10.1. The molecule has 0 saturated carbocycles. The lowest BCUT2D eigenvalue weighted by Gasteiger charge is -2.34. The number of pyridine rings is 1. The Balaban J connectivity index is 1.63. The zero-order chi connectivity index (χ0) is 19.9. The molecule has 0 atom stereocenters. The Labute approximate surface area is 169 Å². The van der Waals surface area contributed by atoms with Crippen molar-refractivity contribution in [3.05, 3.63) is 24.4 Å². The van der Waals surface area contributed by atoms with Crippen LogP contribution in [0.2, 0.25) is 0 Å². The standard InChI is InChI=1S/C21H37N5O2/c1-3-22-21(25-14-7-6-13-24-20-9-4-5-12-23-20)26-15-10-19(11-16-26)28-18-8-17-27-2/h4-5,9,12,19H,3,6-8,10-11,13-18H2,1-2H3,(H,22,25)(H,23,24). The Morgan fingerprint density at radius 1 is 1.21 bits per heavy atom. The predicted molar refractivity (Wildman–Crippen MR) is 115 cm³/mol. The normalized spacial score (nSPS) is 15.6. The van der Waals surface area contributed by atoms with E-state index in [1.807, 2.05) is 24.4 Å². The molecule has 2 rings (SSSR count). The van der Waals surface area contributed by atoms with E-state index < -0.39 is 0 Å². The molecule has 0 aliphatic carbocycles. The van der Waals surface area contributed by atoms with Gasteiger partial charge in [-0.05, 0) is 51.2 Å². The summed E-state index contributed by atoms with van der Waals surface area (Å²) in [6.45, 7) is 8.36. The molecule has 28 heavy (non-hydrogen) atoms. The minimum absolute atomic E-state index is 0.369. The number of methoxy groups -OCH3 is 1. The summed E-state index contributed by atoms with van der Waals surface area (Å²) in [6.07, 6.45) is 7.41. The summed E-state index contributed by atoms with van der Waals surface area (Å²) >= 11 is 0. The molecule has 2 heterocycles. The molecule has 1 aromatic heterocycles. The molecule has 158 valence electrons. The molecule has 0 amide bonds. The number of aromatic nitrogens is 1. The Morgan fingerprint density at radius 2 is 2.07 bits per heavy atom. The van der Waals surface area contributed by atoms with E-state index in [-0.39, 0.29) is 0 Å². The fourth-order valence-electron chi connectivity index (χ4n) is 3.22. The third kappa shape index (κ3) is 8.89. The lowest BCUT2D eigenvalue weighted by molar-refractivity contribution is 0.00990. The molecule has 1 saturated heterocycles. The maximum Gasteiger partial charge on any atom is 0.193 e. The second-order valence-electron chi connectivity index (χ2n) is 6.99. The van der Waals surface area contributed by atoms with Gasteiger partial charge in [0.25, 0.3) is 0 Å². The largest absolute Gasteiger partial charge is 0.385 e. The Bertz CT molecular complexity index is 533. The summed E-state index contributed by atoms with van der Waals surface area (Å²) in [4.78, 5) is 11.5. The van der Waals surface area contributed by atoms with E-state index in [1.54, 1.807) is 7.11 Å². The quantitative estimate of drug-likeness (QED) is 0.324. The number of rotatable bonds is 12. The smallest absolute Gasteiger partial charge is 0.193 e. The molecular weight excluding hydrogens is 354 g/mol. The maximum absolute atomic E-state index is 5.96. The number of unbranched alkanes of at least 4 members (excludes halogenated alkanes) is 1. The van der Waals surface area contributed by atoms with Crippen molar-refractivity contribution < 1.29 is 9.47 Å². The van der Waals surface area contributed by atoms with Crippen molar-refractivity contribution >= 4 is 11.8 Å². The molecule has 7 heteroatoms. The van der Waals surface area contributed by atoms with Gasteiger partial charge in [0.15, 0.2) is 5.96 Å². The second kappa shape index (κ2) is 14.2. The van der Waals surface area contributed by atoms with Gasteiger partial charge in [-0.2, -0.15) is 0 Å². The lowest BCUT2D eigenvalue weighted by Crippen LogP contribution is -2.47. The van der Waals surface area contributed by atoms with Crippen LogP contribution in [0.25, 0.3) is 0 Å². The summed E-state index contributed by atoms with van der Waals surface area (Å²) < 4.78 is 11.0. The monoisotopic (exact) mass is 391 g/mol. The van der Waals surface area contributed by atoms with Crippen LogP contribution in [0.15, 0.2) is 29.4 Å². The number of aliphatic imine (C=N–C) groups is 1. The third-order valence-corrected chi connectivity index (χ3v) is 4.74. The number of hydrogen-bond donors (Lipinski definition) is 2. The molecule has 1 aliphatic heterocycles. The van der Waals surface area contributed by atoms with Gasteiger partial charge in [0.1, 0.15) is 5.82 Å². The zero-order valence-electron chi connectivity index (χ0n) is 17.5. The molecular formula is C21H37N5O2. The van der Waals surface area contributed by atoms with Crippen LogP contribution >= 0.6 is 0 Å². The van der Waals surface area contributed by atoms with E-state index >= 15 is 0 Å². The number of nitrogens with one attached hydrogen (secondary N) is 2. The highest BCUT2D eigenvalue weighted by atomic mass is 16.5. The Kier molecular flexibility index (Phi) is 11.4. The van der Waals surface area contributed by atoms with Crippen LogP contribution in [0.3, 0.4) is 0 Å². The minimum Gasteiger partial charge on any atom is -0.385 e. The van der Waals surface area contributed by atoms with Gasteiger partial charge in [0, 0.05) is 59.2 Å². The maximum atomic E-state index is 5.96. The van der Waals surface area contributed by atoms with Crippen molar-refractivity contribution in [3.8, 4) is 0 Å². The third-order valence-electron chi connectivity index (χ3n) is 4.74. The van der Waals surface area contributed by atoms with Gasteiger partial charge in [-0.25, -0.2) is 4.98 Å². The van der Waals surface area contributed by atoms with Crippen LogP contribution in [0.4, 0.5) is 5.82 Å². The van der Waals surface area contributed by atoms with Gasteiger partial charge >= 0.3 is 0 Å². The van der Waals surface area contributed by atoms with Crippen LogP contribution in [0.1, 0.15) is 39.0 Å². The molecule has 0 unspecified atom stereocenters. The first-order valence-corrected chi connectivity index (χ1v) is 10.6. The fourth-order valence-corrected chi connectivity index (χ4v) is 3.22. The number of likely N-dealkylation sites (tertiary alicyclic amines) is 1. The summed E-state index contributed by atoms with van der Waals surface area (Å²) in [5.41, 5.74) is 0. The SMILES string of the molecule is CCNC(=NCCCCNc1ccccn1)N1CCC(OCCCOC)CC1. The average molecular weight is 392 g/mol. The summed E-state index contributed by atoms with van der Waals surface area (Å²) in [6, 6.07) is 5.92. The molecule has 0 aromatic carbocycles. The van der Waals surface area contributed by atoms with Crippen LogP contribution in [0, 0.1) is 0 Å². The number of guanidine groups is 1. The first-order chi connectivity index (χ1) is 13.8. The van der Waals surface area contributed by atoms with Gasteiger partial charge in [-0.3, -0.25) is 4.99 Å². The van der Waals surface area contributed by atoms with E-state index in [2.05, 4.69) is 27.4 Å². The van der Waals surface area contributed by atoms with Crippen molar-refractivity contribution in [2.75, 3.05) is 58.4 Å². The highest BCUT2D eigenvalue weighted by Gasteiger charge is 2.21. The van der Waals surface area contributed by atoms with E-state index in [9.17, 15) is 0 Å². The Hall–Kier alpha value is -1.86. The van der Waals surface area contributed by atoms with Crippen molar-refractivity contribution in [2.45, 2.75) is 45.1 Å². The van der Waals surface area contributed by atoms with Crippen molar-refractivity contribution in [2.24, 2.45) is 4.99 Å². The Morgan fingerprint density at radius 3 is 2.79 bits per heavy atom. The number of ether oxygens (including phenoxy) is 2. The molecule has 7 nitrogen and oxygen atoms in total. The molecule has 0 spiro atoms. The topological polar surface area (TPSA) is 71.0 Å². The van der Waals surface area contributed by atoms with Crippen LogP contribution in [-0.4, -0.2) is 75.0 Å². The van der Waals surface area contributed by atoms with Gasteiger partial charge in [-0.1, -0.05) is 6.07 Å². The first-order valence-electron chi connectivity index (χ1n) is 10.6. The van der Waals surface area contributed by atoms with E-state index in [1.165, 1.54) is 0 Å². The van der Waals surface area contributed by atoms with Crippen LogP contribution in [0.5, 0.6) is 0 Å². The average Bonchev–Trinajstić information content (AvgIpc) is 2.74. The van der Waals surface area contributed by atoms with Gasteiger partial charge in [-0.15, -0.1) is 0 Å². The van der Waals surface area contributed by atoms with E-state index in [4.69, 9.17) is 14.5 Å². The number of anilines is 1. The van der Waals surface area contributed by atoms with E-state index in [0.717, 1.165) is 89.8 Å². The number of piperidine rings is 1. The van der Waals surface area contributed by atoms with E-state index in [0.29, 0.717) is 6.10 Å². The van der Waals surface area contributed by atoms with Crippen LogP contribution in [-0.2, 0) is 9.47 Å². The fraction of sp³-hybridized carbons (Fsp3) is 0.714. The van der Waals surface area contributed by atoms with Gasteiger partial charge < -0.3 is 25.0 Å². The van der Waals surface area contributed by atoms with Crippen molar-refractivity contribution in [1.82, 2.24) is 15.2 Å². The van der Waals surface area contributed by atoms with Crippen LogP contribution < -0.4 is 10.6 Å². The molecule has 1 fully saturated rings. The molecule has 1 aliphatic rings. The second-order valence-corrected chi connectivity index (χ2v) is 6.99. The molecule has 1 aromatic rings. The zero-order valence-corrected chi connectivity index (χ0v) is 17.5. The predicted octanol–water partition coefficient (Wildman–Crippen LogP) is 2.76. The van der Waals surface area contributed by atoms with Gasteiger partial charge in [0.2, 0.25) is 0 Å². The summed E-state index contributed by atoms with van der Waals surface area (Å²) in [7, 11) is 1.73. The van der Waals surface area contributed by atoms with Gasteiger partial charge in [0.05, 0.1) is 6.10 Å². The number of nitrogens with zero attached hydrogens (tertiary/aromatic N) is 3. The summed E-state index contributed by atoms with van der Waals surface area (Å²) in [5.74, 6) is 1.98. The first kappa shape index (κ1) is 22.4. The number of hydrogen-bond acceptors (Lipinski definition) is 5. The molecule has 0 radical (unpaired) electrons. The highest BCUT2D eigenvalue weighted by molar-refractivity contribution is 5.80.